The first kappa shape index (κ1) is 23.7. The Hall–Kier alpha value is -3.42. The van der Waals surface area contributed by atoms with E-state index >= 15 is 0 Å². The highest BCUT2D eigenvalue weighted by atomic mass is 19.4. The molecule has 178 valence electrons. The SMILES string of the molecule is Cc1ccc(-c2ccncc2)c(C(=O)N2CCC[C@@H](C)C2CNc2ccc(C(F)(F)F)cn2)c1. The van der Waals surface area contributed by atoms with E-state index in [1.54, 1.807) is 12.4 Å². The fraction of sp³-hybridized carbons (Fsp3) is 0.346. The van der Waals surface area contributed by atoms with Crippen molar-refractivity contribution in [2.45, 2.75) is 38.9 Å². The van der Waals surface area contributed by atoms with Crippen LogP contribution in [0, 0.1) is 12.8 Å². The van der Waals surface area contributed by atoms with Gasteiger partial charge in [-0.05, 0) is 67.1 Å². The molecule has 1 saturated heterocycles. The Morgan fingerprint density at radius 3 is 2.59 bits per heavy atom. The first-order valence-corrected chi connectivity index (χ1v) is 11.3. The first-order valence-electron chi connectivity index (χ1n) is 11.3. The van der Waals surface area contributed by atoms with Crippen molar-refractivity contribution in [2.24, 2.45) is 5.92 Å². The molecule has 4 rings (SSSR count). The summed E-state index contributed by atoms with van der Waals surface area (Å²) in [6.45, 7) is 5.09. The second-order valence-corrected chi connectivity index (χ2v) is 8.78. The van der Waals surface area contributed by atoms with E-state index in [4.69, 9.17) is 0 Å². The quantitative estimate of drug-likeness (QED) is 0.512. The second kappa shape index (κ2) is 9.83. The summed E-state index contributed by atoms with van der Waals surface area (Å²) in [6, 6.07) is 11.9. The molecule has 2 aromatic heterocycles. The fourth-order valence-corrected chi connectivity index (χ4v) is 4.46. The molecule has 34 heavy (non-hydrogen) atoms. The lowest BCUT2D eigenvalue weighted by Crippen LogP contribution is -2.51. The lowest BCUT2D eigenvalue weighted by molar-refractivity contribution is -0.137. The van der Waals surface area contributed by atoms with Crippen molar-refractivity contribution in [3.63, 3.8) is 0 Å². The molecule has 0 radical (unpaired) electrons. The minimum atomic E-state index is -4.42. The second-order valence-electron chi connectivity index (χ2n) is 8.78. The Bertz CT molecular complexity index is 1130. The number of aryl methyl sites for hydroxylation is 1. The minimum absolute atomic E-state index is 0.0470. The van der Waals surface area contributed by atoms with E-state index in [1.165, 1.54) is 6.07 Å². The summed E-state index contributed by atoms with van der Waals surface area (Å²) in [5.41, 5.74) is 2.62. The Morgan fingerprint density at radius 1 is 1.15 bits per heavy atom. The summed E-state index contributed by atoms with van der Waals surface area (Å²) < 4.78 is 38.5. The molecule has 5 nitrogen and oxygen atoms in total. The number of hydrogen-bond acceptors (Lipinski definition) is 4. The molecule has 1 N–H and O–H groups in total. The highest BCUT2D eigenvalue weighted by Gasteiger charge is 2.34. The van der Waals surface area contributed by atoms with Crippen molar-refractivity contribution in [1.82, 2.24) is 14.9 Å². The number of nitrogens with zero attached hydrogens (tertiary/aromatic N) is 3. The number of rotatable bonds is 5. The predicted octanol–water partition coefficient (Wildman–Crippen LogP) is 5.82. The molecule has 0 aliphatic carbocycles. The number of amides is 1. The summed E-state index contributed by atoms with van der Waals surface area (Å²) in [5.74, 6) is 0.536. The topological polar surface area (TPSA) is 58.1 Å². The number of likely N-dealkylation sites (tertiary alicyclic amines) is 1. The van der Waals surface area contributed by atoms with E-state index in [0.29, 0.717) is 24.5 Å². The third-order valence-electron chi connectivity index (χ3n) is 6.36. The van der Waals surface area contributed by atoms with Crippen molar-refractivity contribution in [3.05, 3.63) is 77.7 Å². The molecule has 0 spiro atoms. The fourth-order valence-electron chi connectivity index (χ4n) is 4.46. The van der Waals surface area contributed by atoms with Gasteiger partial charge in [0.15, 0.2) is 0 Å². The van der Waals surface area contributed by atoms with Crippen LogP contribution in [0.4, 0.5) is 19.0 Å². The van der Waals surface area contributed by atoms with Gasteiger partial charge < -0.3 is 10.2 Å². The van der Waals surface area contributed by atoms with Crippen LogP contribution in [0.1, 0.15) is 41.3 Å². The molecule has 8 heteroatoms. The van der Waals surface area contributed by atoms with Crippen molar-refractivity contribution < 1.29 is 18.0 Å². The van der Waals surface area contributed by atoms with Gasteiger partial charge >= 0.3 is 6.18 Å². The van der Waals surface area contributed by atoms with E-state index < -0.39 is 11.7 Å². The van der Waals surface area contributed by atoms with Gasteiger partial charge in [0, 0.05) is 37.2 Å². The molecule has 0 bridgehead atoms. The highest BCUT2D eigenvalue weighted by molar-refractivity contribution is 6.01. The van der Waals surface area contributed by atoms with Crippen LogP contribution in [0.3, 0.4) is 0 Å². The summed E-state index contributed by atoms with van der Waals surface area (Å²) >= 11 is 0. The largest absolute Gasteiger partial charge is 0.417 e. The van der Waals surface area contributed by atoms with Crippen molar-refractivity contribution in [3.8, 4) is 11.1 Å². The van der Waals surface area contributed by atoms with Gasteiger partial charge in [-0.1, -0.05) is 24.6 Å². The number of pyridine rings is 2. The number of piperidine rings is 1. The van der Waals surface area contributed by atoms with Crippen molar-refractivity contribution in [1.29, 1.82) is 0 Å². The Morgan fingerprint density at radius 2 is 1.91 bits per heavy atom. The van der Waals surface area contributed by atoms with Crippen LogP contribution in [0.25, 0.3) is 11.1 Å². The molecular weight excluding hydrogens is 441 g/mol. The van der Waals surface area contributed by atoms with Crippen LogP contribution in [0.5, 0.6) is 0 Å². The molecule has 1 fully saturated rings. The van der Waals surface area contributed by atoms with E-state index in [0.717, 1.165) is 41.8 Å². The Kier molecular flexibility index (Phi) is 6.86. The molecule has 1 aliphatic rings. The van der Waals surface area contributed by atoms with Gasteiger partial charge in [-0.2, -0.15) is 13.2 Å². The highest BCUT2D eigenvalue weighted by Crippen LogP contribution is 2.31. The number of benzene rings is 1. The smallest absolute Gasteiger partial charge is 0.368 e. The molecule has 3 heterocycles. The van der Waals surface area contributed by atoms with Crippen molar-refractivity contribution in [2.75, 3.05) is 18.4 Å². The maximum Gasteiger partial charge on any atom is 0.417 e. The third kappa shape index (κ3) is 5.21. The van der Waals surface area contributed by atoms with E-state index in [2.05, 4.69) is 22.2 Å². The molecule has 1 amide bonds. The monoisotopic (exact) mass is 468 g/mol. The minimum Gasteiger partial charge on any atom is -0.368 e. The lowest BCUT2D eigenvalue weighted by atomic mass is 9.89. The number of halogens is 3. The van der Waals surface area contributed by atoms with Gasteiger partial charge in [-0.15, -0.1) is 0 Å². The van der Waals surface area contributed by atoms with Gasteiger partial charge in [0.2, 0.25) is 0 Å². The average Bonchev–Trinajstić information content (AvgIpc) is 2.83. The van der Waals surface area contributed by atoms with E-state index in [9.17, 15) is 18.0 Å². The molecule has 3 aromatic rings. The van der Waals surface area contributed by atoms with Gasteiger partial charge in [0.05, 0.1) is 11.6 Å². The number of hydrogen-bond donors (Lipinski definition) is 1. The van der Waals surface area contributed by atoms with E-state index in [-0.39, 0.29) is 17.9 Å². The molecule has 1 aromatic carbocycles. The summed E-state index contributed by atoms with van der Waals surface area (Å²) in [5, 5.41) is 3.14. The molecule has 1 unspecified atom stereocenters. The maximum atomic E-state index is 13.8. The van der Waals surface area contributed by atoms with Crippen LogP contribution in [0.2, 0.25) is 0 Å². The zero-order valence-corrected chi connectivity index (χ0v) is 19.1. The number of anilines is 1. The first-order chi connectivity index (χ1) is 16.2. The average molecular weight is 469 g/mol. The summed E-state index contributed by atoms with van der Waals surface area (Å²) in [7, 11) is 0. The normalized spacial score (nSPS) is 18.6. The van der Waals surface area contributed by atoms with Crippen LogP contribution in [-0.4, -0.2) is 39.9 Å². The van der Waals surface area contributed by atoms with Gasteiger partial charge in [0.1, 0.15) is 5.82 Å². The molecule has 2 atom stereocenters. The number of carbonyl (C=O) groups excluding carboxylic acids is 1. The van der Waals surface area contributed by atoms with Crippen LogP contribution in [-0.2, 0) is 6.18 Å². The summed E-state index contributed by atoms with van der Waals surface area (Å²) in [4.78, 5) is 23.7. The standard InChI is InChI=1S/C26H27F3N4O/c1-17-5-7-21(19-9-11-30-12-10-19)22(14-17)25(34)33-13-3-4-18(2)23(33)16-32-24-8-6-20(15-31-24)26(27,28)29/h5-12,14-15,18,23H,3-4,13,16H2,1-2H3,(H,31,32)/t18-,23?/m1/s1. The van der Waals surface area contributed by atoms with E-state index in [1.807, 2.05) is 42.2 Å². The van der Waals surface area contributed by atoms with Gasteiger partial charge in [-0.3, -0.25) is 9.78 Å². The van der Waals surface area contributed by atoms with Crippen LogP contribution >= 0.6 is 0 Å². The van der Waals surface area contributed by atoms with Gasteiger partial charge in [-0.25, -0.2) is 4.98 Å². The predicted molar refractivity (Wildman–Crippen MR) is 125 cm³/mol. The number of nitrogens with one attached hydrogen (secondary N) is 1. The van der Waals surface area contributed by atoms with Crippen LogP contribution < -0.4 is 5.32 Å². The number of carbonyl (C=O) groups is 1. The zero-order valence-electron chi connectivity index (χ0n) is 19.1. The lowest BCUT2D eigenvalue weighted by Gasteiger charge is -2.40. The zero-order chi connectivity index (χ0) is 24.3. The Balaban J connectivity index is 1.57. The third-order valence-corrected chi connectivity index (χ3v) is 6.36. The van der Waals surface area contributed by atoms with Crippen molar-refractivity contribution >= 4 is 11.7 Å². The number of alkyl halides is 3. The molecule has 0 saturated carbocycles. The number of aromatic nitrogens is 2. The maximum absolute atomic E-state index is 13.8. The summed E-state index contributed by atoms with van der Waals surface area (Å²) in [6.07, 6.45) is 1.68. The van der Waals surface area contributed by atoms with Crippen LogP contribution in [0.15, 0.2) is 61.1 Å². The Labute approximate surface area is 197 Å². The van der Waals surface area contributed by atoms with Gasteiger partial charge in [0.25, 0.3) is 5.91 Å². The molecule has 1 aliphatic heterocycles. The molecular formula is C26H27F3N4O.